The Morgan fingerprint density at radius 2 is 1.95 bits per heavy atom. The monoisotopic (exact) mass is 405 g/mol. The van der Waals surface area contributed by atoms with Crippen LogP contribution >= 0.6 is 22.6 Å². The van der Waals surface area contributed by atoms with Crippen LogP contribution in [0, 0.1) is 8.99 Å². The molecule has 114 valence electrons. The molecule has 0 saturated heterocycles. The van der Waals surface area contributed by atoms with E-state index in [9.17, 15) is 14.4 Å². The van der Waals surface area contributed by atoms with E-state index in [1.54, 1.807) is 19.9 Å². The molecule has 5 N–H and O–H groups in total. The minimum Gasteiger partial charge on any atom is -0.478 e. The van der Waals surface area contributed by atoms with E-state index >= 15 is 0 Å². The number of carbonyl (C=O) groups excluding carboxylic acids is 2. The molecule has 0 aliphatic carbocycles. The summed E-state index contributed by atoms with van der Waals surface area (Å²) in [5.41, 5.74) is 4.48. The van der Waals surface area contributed by atoms with Crippen molar-refractivity contribution >= 4 is 46.2 Å². The van der Waals surface area contributed by atoms with Crippen molar-refractivity contribution in [3.05, 3.63) is 27.3 Å². The maximum Gasteiger partial charge on any atom is 0.337 e. The van der Waals surface area contributed by atoms with Crippen LogP contribution in [0.15, 0.2) is 18.2 Å². The fourth-order valence-electron chi connectivity index (χ4n) is 1.36. The van der Waals surface area contributed by atoms with Gasteiger partial charge in [-0.05, 0) is 54.6 Å². The van der Waals surface area contributed by atoms with Gasteiger partial charge in [-0.25, -0.2) is 9.59 Å². The van der Waals surface area contributed by atoms with E-state index in [1.807, 2.05) is 22.6 Å². The molecule has 0 aliphatic heterocycles. The van der Waals surface area contributed by atoms with Gasteiger partial charge in [0, 0.05) is 10.1 Å². The largest absolute Gasteiger partial charge is 0.478 e. The SMILES string of the molecule is CC(C)(CNC(=O)Nc1ccc(I)cc1C(=O)O)C(N)=O. The smallest absolute Gasteiger partial charge is 0.337 e. The van der Waals surface area contributed by atoms with E-state index < -0.39 is 23.3 Å². The third-order valence-electron chi connectivity index (χ3n) is 2.82. The normalized spacial score (nSPS) is 10.8. The summed E-state index contributed by atoms with van der Waals surface area (Å²) in [6.07, 6.45) is 0. The van der Waals surface area contributed by atoms with E-state index in [0.29, 0.717) is 0 Å². The molecule has 0 bridgehead atoms. The lowest BCUT2D eigenvalue weighted by Crippen LogP contribution is -2.43. The zero-order valence-electron chi connectivity index (χ0n) is 11.6. The number of anilines is 1. The number of nitrogens with two attached hydrogens (primary N) is 1. The number of benzene rings is 1. The number of carboxylic acid groups (broad SMARTS) is 1. The number of aromatic carboxylic acids is 1. The van der Waals surface area contributed by atoms with Gasteiger partial charge < -0.3 is 21.5 Å². The molecule has 0 aliphatic rings. The number of halogens is 1. The Labute approximate surface area is 135 Å². The van der Waals surface area contributed by atoms with Crippen LogP contribution in [0.1, 0.15) is 24.2 Å². The average Bonchev–Trinajstić information content (AvgIpc) is 2.38. The molecular weight excluding hydrogens is 389 g/mol. The van der Waals surface area contributed by atoms with E-state index in [4.69, 9.17) is 10.8 Å². The third-order valence-corrected chi connectivity index (χ3v) is 3.49. The van der Waals surface area contributed by atoms with Crippen LogP contribution in [-0.2, 0) is 4.79 Å². The lowest BCUT2D eigenvalue weighted by atomic mass is 9.93. The lowest BCUT2D eigenvalue weighted by molar-refractivity contribution is -0.125. The first kappa shape index (κ1) is 17.2. The fourth-order valence-corrected chi connectivity index (χ4v) is 1.85. The fraction of sp³-hybridized carbons (Fsp3) is 0.308. The van der Waals surface area contributed by atoms with Crippen molar-refractivity contribution in [1.29, 1.82) is 0 Å². The molecule has 1 aromatic rings. The van der Waals surface area contributed by atoms with Gasteiger partial charge in [0.25, 0.3) is 0 Å². The average molecular weight is 405 g/mol. The van der Waals surface area contributed by atoms with E-state index in [-0.39, 0.29) is 17.8 Å². The molecule has 7 nitrogen and oxygen atoms in total. The summed E-state index contributed by atoms with van der Waals surface area (Å²) in [4.78, 5) is 34.0. The van der Waals surface area contributed by atoms with Gasteiger partial charge in [0.2, 0.25) is 5.91 Å². The highest BCUT2D eigenvalue weighted by Gasteiger charge is 2.25. The summed E-state index contributed by atoms with van der Waals surface area (Å²) in [6.45, 7) is 3.24. The summed E-state index contributed by atoms with van der Waals surface area (Å²) in [5.74, 6) is -1.68. The van der Waals surface area contributed by atoms with E-state index in [2.05, 4.69) is 10.6 Å². The summed E-state index contributed by atoms with van der Waals surface area (Å²) < 4.78 is 0.741. The van der Waals surface area contributed by atoms with E-state index in [1.165, 1.54) is 12.1 Å². The maximum atomic E-state index is 11.8. The second-order valence-electron chi connectivity index (χ2n) is 5.05. The van der Waals surface area contributed by atoms with Crippen LogP contribution < -0.4 is 16.4 Å². The van der Waals surface area contributed by atoms with Crippen molar-refractivity contribution in [2.75, 3.05) is 11.9 Å². The van der Waals surface area contributed by atoms with Gasteiger partial charge in [-0.15, -0.1) is 0 Å². The number of carboxylic acids is 1. The van der Waals surface area contributed by atoms with Crippen LogP contribution in [0.25, 0.3) is 0 Å². The van der Waals surface area contributed by atoms with Crippen LogP contribution in [0.3, 0.4) is 0 Å². The zero-order chi connectivity index (χ0) is 16.2. The number of urea groups is 1. The molecule has 0 unspecified atom stereocenters. The standard InChI is InChI=1S/C13H16IN3O4/c1-13(2,11(15)20)6-16-12(21)17-9-4-3-7(14)5-8(9)10(18)19/h3-5H,6H2,1-2H3,(H2,15,20)(H,18,19)(H2,16,17,21). The quantitative estimate of drug-likeness (QED) is 0.557. The van der Waals surface area contributed by atoms with Gasteiger partial charge in [-0.1, -0.05) is 0 Å². The van der Waals surface area contributed by atoms with Crippen molar-refractivity contribution in [3.63, 3.8) is 0 Å². The molecule has 0 radical (unpaired) electrons. The van der Waals surface area contributed by atoms with Gasteiger partial charge in [-0.3, -0.25) is 4.79 Å². The molecule has 21 heavy (non-hydrogen) atoms. The first-order valence-electron chi connectivity index (χ1n) is 6.01. The molecule has 0 heterocycles. The number of amides is 3. The topological polar surface area (TPSA) is 122 Å². The number of hydrogen-bond donors (Lipinski definition) is 4. The number of primary amides is 1. The van der Waals surface area contributed by atoms with Crippen LogP contribution in [0.4, 0.5) is 10.5 Å². The second-order valence-corrected chi connectivity index (χ2v) is 6.30. The van der Waals surface area contributed by atoms with E-state index in [0.717, 1.165) is 3.57 Å². The Kier molecular flexibility index (Phi) is 5.53. The Balaban J connectivity index is 2.76. The molecule has 1 rings (SSSR count). The molecule has 1 aromatic carbocycles. The summed E-state index contributed by atoms with van der Waals surface area (Å²) in [6, 6.07) is 4.03. The number of nitrogens with one attached hydrogen (secondary N) is 2. The van der Waals surface area contributed by atoms with Crippen molar-refractivity contribution < 1.29 is 19.5 Å². The van der Waals surface area contributed by atoms with Gasteiger partial charge >= 0.3 is 12.0 Å². The third kappa shape index (κ3) is 4.88. The summed E-state index contributed by atoms with van der Waals surface area (Å²) in [7, 11) is 0. The minimum atomic E-state index is -1.14. The zero-order valence-corrected chi connectivity index (χ0v) is 13.7. The Bertz CT molecular complexity index is 587. The highest BCUT2D eigenvalue weighted by atomic mass is 127. The highest BCUT2D eigenvalue weighted by molar-refractivity contribution is 14.1. The molecule has 8 heteroatoms. The predicted molar refractivity (Wildman–Crippen MR) is 86.1 cm³/mol. The highest BCUT2D eigenvalue weighted by Crippen LogP contribution is 2.19. The Hall–Kier alpha value is -1.84. The van der Waals surface area contributed by atoms with Crippen molar-refractivity contribution in [3.8, 4) is 0 Å². The molecule has 0 saturated carbocycles. The van der Waals surface area contributed by atoms with Gasteiger partial charge in [0.05, 0.1) is 16.7 Å². The maximum absolute atomic E-state index is 11.8. The lowest BCUT2D eigenvalue weighted by Gasteiger charge is -2.21. The second kappa shape index (κ2) is 6.74. The van der Waals surface area contributed by atoms with Crippen LogP contribution in [-0.4, -0.2) is 29.6 Å². The molecule has 3 amide bonds. The Morgan fingerprint density at radius 1 is 1.33 bits per heavy atom. The van der Waals surface area contributed by atoms with Crippen LogP contribution in [0.2, 0.25) is 0 Å². The number of carbonyl (C=O) groups is 3. The van der Waals surface area contributed by atoms with Crippen molar-refractivity contribution in [2.45, 2.75) is 13.8 Å². The van der Waals surface area contributed by atoms with Crippen molar-refractivity contribution in [1.82, 2.24) is 5.32 Å². The first-order valence-corrected chi connectivity index (χ1v) is 7.09. The molecule has 0 atom stereocenters. The number of hydrogen-bond acceptors (Lipinski definition) is 3. The number of rotatable bonds is 5. The van der Waals surface area contributed by atoms with Gasteiger partial charge in [0.15, 0.2) is 0 Å². The summed E-state index contributed by atoms with van der Waals surface area (Å²) in [5, 5.41) is 14.0. The molecule has 0 aromatic heterocycles. The van der Waals surface area contributed by atoms with Gasteiger partial charge in [0.1, 0.15) is 0 Å². The minimum absolute atomic E-state index is 0.00814. The van der Waals surface area contributed by atoms with Crippen molar-refractivity contribution in [2.24, 2.45) is 11.1 Å². The molecular formula is C13H16IN3O4. The Morgan fingerprint density at radius 3 is 2.48 bits per heavy atom. The first-order chi connectivity index (χ1) is 9.63. The summed E-state index contributed by atoms with van der Waals surface area (Å²) >= 11 is 1.98. The molecule has 0 spiro atoms. The van der Waals surface area contributed by atoms with Gasteiger partial charge in [-0.2, -0.15) is 0 Å². The molecule has 0 fully saturated rings. The predicted octanol–water partition coefficient (Wildman–Crippen LogP) is 1.62. The van der Waals surface area contributed by atoms with Crippen LogP contribution in [0.5, 0.6) is 0 Å².